The molecule has 0 atom stereocenters. The third-order valence-electron chi connectivity index (χ3n) is 1.09. The summed E-state index contributed by atoms with van der Waals surface area (Å²) in [5.74, 6) is 0. The van der Waals surface area contributed by atoms with Crippen LogP contribution in [0.1, 0.15) is 19.8 Å². The van der Waals surface area contributed by atoms with Crippen LogP contribution in [0.4, 0.5) is 0 Å². The lowest BCUT2D eigenvalue weighted by atomic mass is 10.4. The van der Waals surface area contributed by atoms with Crippen LogP contribution >= 0.6 is 0 Å². The van der Waals surface area contributed by atoms with E-state index in [-0.39, 0.29) is 9.76 Å². The minimum atomic E-state index is -0.483. The smallest absolute Gasteiger partial charge is 0.282 e. The molecule has 0 aromatic carbocycles. The highest BCUT2D eigenvalue weighted by Gasteiger charge is 1.86. The predicted octanol–water partition coefficient (Wildman–Crippen LogP) is -1.40. The molecule has 0 unspecified atom stereocenters. The highest BCUT2D eigenvalue weighted by Crippen LogP contribution is 1.92. The summed E-state index contributed by atoms with van der Waals surface area (Å²) in [4.78, 5) is 0. The Kier molecular flexibility index (Phi) is 9.11. The number of unbranched alkanes of at least 4 members (excludes halogenated alkanes) is 1. The van der Waals surface area contributed by atoms with Crippen molar-refractivity contribution in [3.63, 3.8) is 0 Å². The second-order valence-electron chi connectivity index (χ2n) is 2.02. The van der Waals surface area contributed by atoms with Crippen molar-refractivity contribution >= 4 is 30.3 Å². The molecule has 0 aliphatic carbocycles. The van der Waals surface area contributed by atoms with E-state index in [4.69, 9.17) is 8.23 Å². The van der Waals surface area contributed by atoms with Crippen molar-refractivity contribution in [2.45, 2.75) is 25.8 Å². The first kappa shape index (κ1) is 9.57. The molecule has 0 radical (unpaired) electrons. The first-order chi connectivity index (χ1) is 4.41. The van der Waals surface area contributed by atoms with Gasteiger partial charge in [-0.25, -0.2) is 0 Å². The fourth-order valence-electron chi connectivity index (χ4n) is 0.596. The zero-order chi connectivity index (χ0) is 6.95. The van der Waals surface area contributed by atoms with Gasteiger partial charge in [0.25, 0.3) is 10.0 Å². The van der Waals surface area contributed by atoms with Crippen LogP contribution in [-0.2, 0) is 8.23 Å². The fourth-order valence-corrected chi connectivity index (χ4v) is 4.76. The molecule has 2 nitrogen and oxygen atoms in total. The SMILES string of the molecule is CCCC[SiH2]O[SiH2]O[SiH3]. The van der Waals surface area contributed by atoms with Crippen molar-refractivity contribution in [1.82, 2.24) is 0 Å². The molecular weight excluding hydrogens is 164 g/mol. The van der Waals surface area contributed by atoms with Gasteiger partial charge in [-0.1, -0.05) is 19.8 Å². The van der Waals surface area contributed by atoms with E-state index in [9.17, 15) is 0 Å². The van der Waals surface area contributed by atoms with Crippen LogP contribution in [0.15, 0.2) is 0 Å². The predicted molar refractivity (Wildman–Crippen MR) is 48.9 cm³/mol. The van der Waals surface area contributed by atoms with E-state index in [1.807, 2.05) is 0 Å². The maximum Gasteiger partial charge on any atom is 0.282 e. The normalized spacial score (nSPS) is 13.0. The standard InChI is InChI=1S/C4H16O2Si3/c1-2-3-4-8-6-9-5-7/h2-4,8-9H2,1,7H3. The topological polar surface area (TPSA) is 18.5 Å². The van der Waals surface area contributed by atoms with Gasteiger partial charge in [0, 0.05) is 0 Å². The first-order valence-corrected chi connectivity index (χ1v) is 7.03. The van der Waals surface area contributed by atoms with Crippen LogP contribution in [0.25, 0.3) is 0 Å². The summed E-state index contributed by atoms with van der Waals surface area (Å²) in [5, 5.41) is 0. The Morgan fingerprint density at radius 2 is 2.33 bits per heavy atom. The van der Waals surface area contributed by atoms with Crippen LogP contribution < -0.4 is 0 Å². The van der Waals surface area contributed by atoms with Crippen LogP contribution in [0.5, 0.6) is 0 Å². The Morgan fingerprint density at radius 3 is 2.89 bits per heavy atom. The van der Waals surface area contributed by atoms with Crippen molar-refractivity contribution in [3.8, 4) is 0 Å². The first-order valence-electron chi connectivity index (χ1n) is 3.48. The van der Waals surface area contributed by atoms with Crippen molar-refractivity contribution in [3.05, 3.63) is 0 Å². The largest absolute Gasteiger partial charge is 0.449 e. The highest BCUT2D eigenvalue weighted by atomic mass is 28.3. The molecule has 0 aromatic heterocycles. The summed E-state index contributed by atoms with van der Waals surface area (Å²) < 4.78 is 10.4. The van der Waals surface area contributed by atoms with Gasteiger partial charge in [0.2, 0.25) is 0 Å². The lowest BCUT2D eigenvalue weighted by Crippen LogP contribution is -2.05. The van der Waals surface area contributed by atoms with Gasteiger partial charge in [0.1, 0.15) is 20.2 Å². The summed E-state index contributed by atoms with van der Waals surface area (Å²) in [5.41, 5.74) is 0. The van der Waals surface area contributed by atoms with Gasteiger partial charge in [0.05, 0.1) is 0 Å². The van der Waals surface area contributed by atoms with Crippen molar-refractivity contribution in [1.29, 1.82) is 0 Å². The van der Waals surface area contributed by atoms with Crippen molar-refractivity contribution in [2.24, 2.45) is 0 Å². The number of hydrogen-bond acceptors (Lipinski definition) is 2. The molecule has 0 bridgehead atoms. The summed E-state index contributed by atoms with van der Waals surface area (Å²) in [6.45, 7) is 2.22. The van der Waals surface area contributed by atoms with Crippen LogP contribution in [0.2, 0.25) is 6.04 Å². The van der Waals surface area contributed by atoms with E-state index in [1.54, 1.807) is 0 Å². The fraction of sp³-hybridized carbons (Fsp3) is 1.00. The van der Waals surface area contributed by atoms with Gasteiger partial charge in [-0.3, -0.25) is 0 Å². The van der Waals surface area contributed by atoms with E-state index in [1.165, 1.54) is 18.9 Å². The zero-order valence-electron chi connectivity index (χ0n) is 6.35. The Hall–Kier alpha value is 0.571. The van der Waals surface area contributed by atoms with Gasteiger partial charge < -0.3 is 8.23 Å². The second kappa shape index (κ2) is 8.57. The van der Waals surface area contributed by atoms with Gasteiger partial charge in [-0.15, -0.1) is 0 Å². The summed E-state index contributed by atoms with van der Waals surface area (Å²) in [6, 6.07) is 1.34. The molecule has 0 saturated carbocycles. The Bertz CT molecular complexity index is 47.1. The minimum absolute atomic E-state index is 0.152. The molecule has 0 saturated heterocycles. The summed E-state index contributed by atoms with van der Waals surface area (Å²) in [6.07, 6.45) is 2.65. The maximum absolute atomic E-state index is 5.38. The molecule has 0 fully saturated rings. The molecule has 0 rings (SSSR count). The van der Waals surface area contributed by atoms with Crippen LogP contribution in [0, 0.1) is 0 Å². The van der Waals surface area contributed by atoms with Gasteiger partial charge in [0.15, 0.2) is 0 Å². The molecule has 0 aliphatic heterocycles. The van der Waals surface area contributed by atoms with Crippen LogP contribution in [-0.4, -0.2) is 30.3 Å². The minimum Gasteiger partial charge on any atom is -0.449 e. The molecule has 0 N–H and O–H groups in total. The van der Waals surface area contributed by atoms with Crippen molar-refractivity contribution < 1.29 is 8.23 Å². The molecule has 5 heteroatoms. The van der Waals surface area contributed by atoms with E-state index >= 15 is 0 Å². The van der Waals surface area contributed by atoms with Crippen molar-refractivity contribution in [2.75, 3.05) is 0 Å². The van der Waals surface area contributed by atoms with E-state index in [0.717, 1.165) is 10.5 Å². The number of hydrogen-bond donors (Lipinski definition) is 0. The zero-order valence-corrected chi connectivity index (χ0v) is 11.2. The van der Waals surface area contributed by atoms with Gasteiger partial charge in [-0.05, 0) is 6.04 Å². The molecule has 0 amide bonds. The van der Waals surface area contributed by atoms with Gasteiger partial charge >= 0.3 is 0 Å². The molecule has 0 aromatic rings. The third kappa shape index (κ3) is 8.57. The lowest BCUT2D eigenvalue weighted by Gasteiger charge is -1.99. The third-order valence-corrected chi connectivity index (χ3v) is 4.65. The molecular formula is C4H16O2Si3. The molecule has 9 heavy (non-hydrogen) atoms. The Labute approximate surface area is 64.9 Å². The van der Waals surface area contributed by atoms with E-state index < -0.39 is 10.0 Å². The van der Waals surface area contributed by atoms with Crippen LogP contribution in [0.3, 0.4) is 0 Å². The van der Waals surface area contributed by atoms with E-state index in [2.05, 4.69) is 6.92 Å². The molecule has 0 spiro atoms. The second-order valence-corrected chi connectivity index (χ2v) is 7.32. The molecule has 0 heterocycles. The summed E-state index contributed by atoms with van der Waals surface area (Å²) in [7, 11) is 0.233. The molecule has 56 valence electrons. The monoisotopic (exact) mass is 180 g/mol. The maximum atomic E-state index is 5.38. The highest BCUT2D eigenvalue weighted by molar-refractivity contribution is 6.41. The number of rotatable bonds is 6. The lowest BCUT2D eigenvalue weighted by molar-refractivity contribution is 0.500. The average Bonchev–Trinajstić information content (AvgIpc) is 1.89. The average molecular weight is 180 g/mol. The van der Waals surface area contributed by atoms with E-state index in [0.29, 0.717) is 0 Å². The Morgan fingerprint density at radius 1 is 1.56 bits per heavy atom. The molecule has 0 aliphatic rings. The Balaban J connectivity index is 2.60. The van der Waals surface area contributed by atoms with Gasteiger partial charge in [-0.2, -0.15) is 0 Å². The summed E-state index contributed by atoms with van der Waals surface area (Å²) >= 11 is 0. The quantitative estimate of drug-likeness (QED) is 0.370.